The highest BCUT2D eigenvalue weighted by atomic mass is 32.2. The van der Waals surface area contributed by atoms with Crippen molar-refractivity contribution < 1.29 is 36.8 Å². The number of hydrazone groups is 2. The molecule has 3 aliphatic rings. The van der Waals surface area contributed by atoms with Crippen molar-refractivity contribution in [1.29, 1.82) is 0 Å². The maximum Gasteiger partial charge on any atom is 0.425 e. The minimum absolute atomic E-state index is 0.0837. The van der Waals surface area contributed by atoms with Crippen LogP contribution in [0.1, 0.15) is 64.8 Å². The van der Waals surface area contributed by atoms with Crippen molar-refractivity contribution in [2.24, 2.45) is 20.5 Å². The largest absolute Gasteiger partial charge is 0.496 e. The molecular formula is C28H38N6O8S2. The molecule has 1 unspecified atom stereocenters. The van der Waals surface area contributed by atoms with Crippen molar-refractivity contribution >= 4 is 51.5 Å². The highest BCUT2D eigenvalue weighted by Gasteiger charge is 2.45. The van der Waals surface area contributed by atoms with E-state index in [2.05, 4.69) is 9.38 Å². The molecule has 1 N–H and O–H groups in total. The van der Waals surface area contributed by atoms with Crippen LogP contribution < -0.4 is 4.74 Å². The number of hydrogen-bond acceptors (Lipinski definition) is 13. The Bertz CT molecular complexity index is 1570. The molecule has 1 aliphatic carbocycles. The van der Waals surface area contributed by atoms with Crippen LogP contribution in [0.15, 0.2) is 31.9 Å². The van der Waals surface area contributed by atoms with Gasteiger partial charge < -0.3 is 14.2 Å². The predicted molar refractivity (Wildman–Crippen MR) is 166 cm³/mol. The van der Waals surface area contributed by atoms with Crippen LogP contribution in [0.4, 0.5) is 9.59 Å². The third-order valence-electron chi connectivity index (χ3n) is 6.63. The minimum Gasteiger partial charge on any atom is -0.496 e. The highest BCUT2D eigenvalue weighted by molar-refractivity contribution is 7.98. The number of pyridine rings is 1. The first kappa shape index (κ1) is 33.4. The number of ether oxygens (including phenoxy) is 3. The highest BCUT2D eigenvalue weighted by Crippen LogP contribution is 2.40. The molecule has 16 heteroatoms. The average molecular weight is 651 g/mol. The molecule has 0 spiro atoms. The van der Waals surface area contributed by atoms with Gasteiger partial charge >= 0.3 is 12.2 Å². The molecule has 3 heterocycles. The van der Waals surface area contributed by atoms with Gasteiger partial charge in [0.1, 0.15) is 29.2 Å². The van der Waals surface area contributed by atoms with E-state index in [0.717, 1.165) is 23.1 Å². The molecule has 0 saturated heterocycles. The Balaban J connectivity index is 1.87. The summed E-state index contributed by atoms with van der Waals surface area (Å²) >= 11 is 1.01. The molecule has 44 heavy (non-hydrogen) atoms. The summed E-state index contributed by atoms with van der Waals surface area (Å²) in [6.45, 7) is 13.8. The van der Waals surface area contributed by atoms with Crippen LogP contribution in [0.2, 0.25) is 0 Å². The smallest absolute Gasteiger partial charge is 0.425 e. The van der Waals surface area contributed by atoms with Crippen LogP contribution in [0.3, 0.4) is 0 Å². The molecule has 0 aromatic carbocycles. The van der Waals surface area contributed by atoms with E-state index in [1.165, 1.54) is 5.12 Å². The lowest BCUT2D eigenvalue weighted by molar-refractivity contribution is 0.0151. The second-order valence-corrected chi connectivity index (χ2v) is 14.8. The van der Waals surface area contributed by atoms with Gasteiger partial charge in [-0.1, -0.05) is 0 Å². The molecule has 4 rings (SSSR count). The van der Waals surface area contributed by atoms with Crippen molar-refractivity contribution in [2.75, 3.05) is 18.6 Å². The normalized spacial score (nSPS) is 18.5. The number of aryl methyl sites for hydroxylation is 1. The second-order valence-electron chi connectivity index (χ2n) is 12.6. The van der Waals surface area contributed by atoms with E-state index < -0.39 is 45.2 Å². The molecule has 0 fully saturated rings. The van der Waals surface area contributed by atoms with Crippen LogP contribution >= 0.6 is 11.9 Å². The molecule has 1 aromatic heterocycles. The molecule has 14 nitrogen and oxygen atoms in total. The minimum atomic E-state index is -4.35. The lowest BCUT2D eigenvalue weighted by Gasteiger charge is -2.30. The molecule has 0 bridgehead atoms. The van der Waals surface area contributed by atoms with Crippen molar-refractivity contribution in [3.63, 3.8) is 0 Å². The van der Waals surface area contributed by atoms with Crippen LogP contribution in [-0.2, 0) is 26.1 Å². The maximum absolute atomic E-state index is 13.6. The Morgan fingerprint density at radius 1 is 1.09 bits per heavy atom. The summed E-state index contributed by atoms with van der Waals surface area (Å²) in [7, 11) is -2.78. The zero-order valence-corrected chi connectivity index (χ0v) is 27.9. The maximum atomic E-state index is 13.6. The molecule has 2 aliphatic heterocycles. The van der Waals surface area contributed by atoms with Crippen molar-refractivity contribution in [3.05, 3.63) is 34.2 Å². The summed E-state index contributed by atoms with van der Waals surface area (Å²) in [5, 5.41) is 10.8. The Labute approximate surface area is 261 Å². The van der Waals surface area contributed by atoms with E-state index >= 15 is 0 Å². The van der Waals surface area contributed by atoms with Gasteiger partial charge in [0.25, 0.3) is 10.1 Å². The van der Waals surface area contributed by atoms with Gasteiger partial charge in [0.15, 0.2) is 5.84 Å². The van der Waals surface area contributed by atoms with Crippen LogP contribution in [0.5, 0.6) is 5.75 Å². The summed E-state index contributed by atoms with van der Waals surface area (Å²) in [6, 6.07) is 0. The number of imide groups is 1. The summed E-state index contributed by atoms with van der Waals surface area (Å²) in [6.07, 6.45) is -0.200. The van der Waals surface area contributed by atoms with Crippen molar-refractivity contribution in [1.82, 2.24) is 15.0 Å². The predicted octanol–water partition coefficient (Wildman–Crippen LogP) is 4.67. The summed E-state index contributed by atoms with van der Waals surface area (Å²) < 4.78 is 54.9. The number of amidine groups is 1. The quantitative estimate of drug-likeness (QED) is 0.347. The van der Waals surface area contributed by atoms with Crippen LogP contribution in [0, 0.1) is 19.8 Å². The van der Waals surface area contributed by atoms with Crippen LogP contribution in [0.25, 0.3) is 0 Å². The van der Waals surface area contributed by atoms with Gasteiger partial charge in [-0.25, -0.2) is 9.59 Å². The van der Waals surface area contributed by atoms with Gasteiger partial charge in [-0.3, -0.25) is 9.54 Å². The number of nitrogens with zero attached hydrogens (tertiary/aromatic N) is 6. The van der Waals surface area contributed by atoms with Gasteiger partial charge in [0.05, 0.1) is 24.3 Å². The molecule has 1 aromatic rings. The number of methoxy groups -OCH3 is 1. The van der Waals surface area contributed by atoms with Crippen molar-refractivity contribution in [2.45, 2.75) is 79.6 Å². The van der Waals surface area contributed by atoms with Gasteiger partial charge in [-0.05, 0) is 79.3 Å². The number of hydrogen-bond donors (Lipinski definition) is 1. The first-order chi connectivity index (χ1) is 20.3. The standard InChI is InChI=1S/C28H38N6O8S2/c1-15-11-29-20(16(2)23(15)40-9)12-33-30-19-10-17(14-44(37,38)39)18-13-43-32-24(22(31-33)21(18)19)34(25(35)41-27(3,4)5)26(36)42-28(6,7)8/h11,17H,10,12-14H2,1-9H3,(H,37,38,39). The van der Waals surface area contributed by atoms with Crippen molar-refractivity contribution in [3.8, 4) is 5.75 Å². The number of amides is 2. The molecule has 2 amide bonds. The number of rotatable bonds is 5. The van der Waals surface area contributed by atoms with E-state index in [1.807, 2.05) is 13.8 Å². The number of carbonyl (C=O) groups is 2. The Kier molecular flexibility index (Phi) is 9.20. The number of aromatic nitrogens is 1. The third kappa shape index (κ3) is 7.58. The van der Waals surface area contributed by atoms with E-state index in [1.54, 1.807) is 54.8 Å². The fourth-order valence-corrected chi connectivity index (χ4v) is 6.67. The number of carbonyl (C=O) groups excluding carboxylic acids is 2. The monoisotopic (exact) mass is 650 g/mol. The first-order valence-electron chi connectivity index (χ1n) is 13.9. The molecule has 240 valence electrons. The second kappa shape index (κ2) is 12.1. The first-order valence-corrected chi connectivity index (χ1v) is 16.4. The fraction of sp³-hybridized carbons (Fsp3) is 0.571. The van der Waals surface area contributed by atoms with Gasteiger partial charge in [0.2, 0.25) is 0 Å². The van der Waals surface area contributed by atoms with Crippen LogP contribution in [-0.4, -0.2) is 87.2 Å². The topological polar surface area (TPSA) is 173 Å². The van der Waals surface area contributed by atoms with E-state index in [4.69, 9.17) is 24.4 Å². The molecular weight excluding hydrogens is 612 g/mol. The fourth-order valence-electron chi connectivity index (χ4n) is 4.97. The lowest BCUT2D eigenvalue weighted by Crippen LogP contribution is -2.50. The molecule has 0 saturated carbocycles. The summed E-state index contributed by atoms with van der Waals surface area (Å²) in [4.78, 5) is 32.4. The summed E-state index contributed by atoms with van der Waals surface area (Å²) in [5.74, 6) is -0.436. The van der Waals surface area contributed by atoms with E-state index in [-0.39, 0.29) is 30.3 Å². The van der Waals surface area contributed by atoms with E-state index in [0.29, 0.717) is 33.2 Å². The molecule has 1 atom stereocenters. The SMILES string of the molecule is COc1c(C)cnc(CN2N=C3CC(CS(=O)(=O)O)C4=C3C(=N2)C(N(C(=O)OC(C)(C)C)C(=O)OC(C)(C)C)=NSC4)c1C. The molecule has 0 radical (unpaired) electrons. The Morgan fingerprint density at radius 2 is 1.70 bits per heavy atom. The zero-order chi connectivity index (χ0) is 32.8. The Morgan fingerprint density at radius 3 is 2.25 bits per heavy atom. The average Bonchev–Trinajstić information content (AvgIpc) is 3.05. The van der Waals surface area contributed by atoms with Gasteiger partial charge in [-0.2, -0.15) is 33.0 Å². The van der Waals surface area contributed by atoms with Gasteiger partial charge in [0, 0.05) is 34.6 Å². The zero-order valence-electron chi connectivity index (χ0n) is 26.3. The van der Waals surface area contributed by atoms with E-state index in [9.17, 15) is 22.6 Å². The van der Waals surface area contributed by atoms with Gasteiger partial charge in [-0.15, -0.1) is 0 Å². The summed E-state index contributed by atoms with van der Waals surface area (Å²) in [5.41, 5.74) is 1.98. The Hall–Kier alpha value is -3.50. The third-order valence-corrected chi connectivity index (χ3v) is 8.20. The lowest BCUT2D eigenvalue weighted by atomic mass is 10.0.